The second kappa shape index (κ2) is 4.90. The van der Waals surface area contributed by atoms with Crippen molar-refractivity contribution in [2.75, 3.05) is 0 Å². The number of rotatable bonds is 3. The molecule has 4 heteroatoms. The van der Waals surface area contributed by atoms with Gasteiger partial charge >= 0.3 is 5.97 Å². The summed E-state index contributed by atoms with van der Waals surface area (Å²) in [5.41, 5.74) is 0. The normalized spacial score (nSPS) is 11.1. The van der Waals surface area contributed by atoms with Crippen LogP contribution in [0, 0.1) is 0 Å². The van der Waals surface area contributed by atoms with Crippen LogP contribution in [0.5, 0.6) is 0 Å². The van der Waals surface area contributed by atoms with E-state index in [1.165, 1.54) is 22.6 Å². The predicted molar refractivity (Wildman–Crippen MR) is 65.8 cm³/mol. The van der Waals surface area contributed by atoms with Gasteiger partial charge in [-0.15, -0.1) is 11.3 Å². The van der Waals surface area contributed by atoms with Crippen LogP contribution in [0.3, 0.4) is 0 Å². The summed E-state index contributed by atoms with van der Waals surface area (Å²) in [6, 6.07) is 8.20. The third-order valence-corrected chi connectivity index (χ3v) is 3.16. The fraction of sp³-hybridized carbons (Fsp3) is 0.167. The first-order valence-corrected chi connectivity index (χ1v) is 5.80. The third kappa shape index (κ3) is 2.46. The minimum Gasteiger partial charge on any atom is -0.319 e. The van der Waals surface area contributed by atoms with E-state index in [1.54, 1.807) is 17.6 Å². The number of fused-ring (bicyclic) bond motifs is 1. The fourth-order valence-electron chi connectivity index (χ4n) is 1.44. The second-order valence-corrected chi connectivity index (χ2v) is 4.29. The minimum atomic E-state index is -0.396. The molecule has 2 aromatic rings. The molecule has 1 heterocycles. The monoisotopic (exact) mass is 233 g/mol. The molecule has 1 aromatic carbocycles. The highest BCUT2D eigenvalue weighted by Gasteiger charge is 2.01. The topological polar surface area (TPSA) is 38.7 Å². The first kappa shape index (κ1) is 10.8. The molecular formula is C12H11NO2S. The van der Waals surface area contributed by atoms with Crippen molar-refractivity contribution < 1.29 is 9.63 Å². The maximum atomic E-state index is 10.5. The number of hydrogen-bond acceptors (Lipinski definition) is 4. The lowest BCUT2D eigenvalue weighted by Gasteiger charge is -1.93. The Hall–Kier alpha value is -1.68. The van der Waals surface area contributed by atoms with Gasteiger partial charge in [0.2, 0.25) is 0 Å². The maximum absolute atomic E-state index is 10.5. The van der Waals surface area contributed by atoms with Gasteiger partial charge in [-0.05, 0) is 16.2 Å². The van der Waals surface area contributed by atoms with Crippen molar-refractivity contribution in [3.63, 3.8) is 0 Å². The highest BCUT2D eigenvalue weighted by Crippen LogP contribution is 2.25. The molecule has 0 aliphatic heterocycles. The molecule has 1 aromatic heterocycles. The number of thiophene rings is 1. The molecule has 0 aliphatic carbocycles. The average Bonchev–Trinajstić information content (AvgIpc) is 2.68. The van der Waals surface area contributed by atoms with Gasteiger partial charge in [-0.1, -0.05) is 29.4 Å². The zero-order chi connectivity index (χ0) is 11.4. The SMILES string of the molecule is CC(=O)ON=CCc1scc2ccccc12. The number of nitrogens with zero attached hydrogens (tertiary/aromatic N) is 1. The Balaban J connectivity index is 2.10. The van der Waals surface area contributed by atoms with Crippen molar-refractivity contribution in [3.8, 4) is 0 Å². The summed E-state index contributed by atoms with van der Waals surface area (Å²) in [6.07, 6.45) is 2.30. The van der Waals surface area contributed by atoms with Gasteiger partial charge in [0.1, 0.15) is 0 Å². The van der Waals surface area contributed by atoms with Gasteiger partial charge in [0.05, 0.1) is 0 Å². The molecular weight excluding hydrogens is 222 g/mol. The van der Waals surface area contributed by atoms with Gasteiger partial charge in [0.15, 0.2) is 0 Å². The van der Waals surface area contributed by atoms with Gasteiger partial charge in [-0.25, -0.2) is 4.79 Å². The van der Waals surface area contributed by atoms with Crippen LogP contribution in [-0.4, -0.2) is 12.2 Å². The number of hydrogen-bond donors (Lipinski definition) is 0. The van der Waals surface area contributed by atoms with Gasteiger partial charge < -0.3 is 4.84 Å². The summed E-state index contributed by atoms with van der Waals surface area (Å²) in [6.45, 7) is 1.33. The molecule has 82 valence electrons. The first-order valence-electron chi connectivity index (χ1n) is 4.92. The fourth-order valence-corrected chi connectivity index (χ4v) is 2.40. The van der Waals surface area contributed by atoms with E-state index >= 15 is 0 Å². The molecule has 0 radical (unpaired) electrons. The van der Waals surface area contributed by atoms with Crippen molar-refractivity contribution in [2.45, 2.75) is 13.3 Å². The van der Waals surface area contributed by atoms with Crippen molar-refractivity contribution >= 4 is 34.3 Å². The smallest absolute Gasteiger partial charge is 0.319 e. The quantitative estimate of drug-likeness (QED) is 0.464. The summed E-state index contributed by atoms with van der Waals surface area (Å²) in [5, 5.41) is 8.18. The lowest BCUT2D eigenvalue weighted by atomic mass is 10.2. The molecule has 0 fully saturated rings. The van der Waals surface area contributed by atoms with E-state index in [1.807, 2.05) is 12.1 Å². The Bertz CT molecular complexity index is 531. The molecule has 0 bridgehead atoms. The summed E-state index contributed by atoms with van der Waals surface area (Å²) >= 11 is 1.69. The van der Waals surface area contributed by atoms with E-state index in [-0.39, 0.29) is 0 Å². The molecule has 0 spiro atoms. The summed E-state index contributed by atoms with van der Waals surface area (Å²) < 4.78 is 0. The number of carbonyl (C=O) groups excluding carboxylic acids is 1. The Morgan fingerprint density at radius 3 is 3.12 bits per heavy atom. The maximum Gasteiger partial charge on any atom is 0.331 e. The van der Waals surface area contributed by atoms with E-state index in [2.05, 4.69) is 27.5 Å². The van der Waals surface area contributed by atoms with Gasteiger partial charge in [0, 0.05) is 24.4 Å². The second-order valence-electron chi connectivity index (χ2n) is 3.32. The zero-order valence-corrected chi connectivity index (χ0v) is 9.66. The van der Waals surface area contributed by atoms with Crippen LogP contribution in [0.4, 0.5) is 0 Å². The van der Waals surface area contributed by atoms with Crippen molar-refractivity contribution in [3.05, 3.63) is 34.5 Å². The van der Waals surface area contributed by atoms with E-state index in [9.17, 15) is 4.79 Å². The van der Waals surface area contributed by atoms with Crippen molar-refractivity contribution in [2.24, 2.45) is 5.16 Å². The third-order valence-electron chi connectivity index (χ3n) is 2.12. The molecule has 0 atom stereocenters. The standard InChI is InChI=1S/C12H11NO2S/c1-9(14)15-13-7-6-12-11-5-3-2-4-10(11)8-16-12/h2-5,7-8H,6H2,1H3. The van der Waals surface area contributed by atoms with Gasteiger partial charge in [-0.2, -0.15) is 0 Å². The van der Waals surface area contributed by atoms with E-state index in [0.717, 1.165) is 0 Å². The molecule has 0 saturated carbocycles. The van der Waals surface area contributed by atoms with Crippen LogP contribution in [0.1, 0.15) is 11.8 Å². The lowest BCUT2D eigenvalue weighted by molar-refractivity contribution is -0.140. The Kier molecular flexibility index (Phi) is 3.31. The van der Waals surface area contributed by atoms with E-state index in [0.29, 0.717) is 6.42 Å². The van der Waals surface area contributed by atoms with Crippen LogP contribution in [0.2, 0.25) is 0 Å². The van der Waals surface area contributed by atoms with Crippen LogP contribution in [0.15, 0.2) is 34.8 Å². The molecule has 0 N–H and O–H groups in total. The van der Waals surface area contributed by atoms with Crippen LogP contribution >= 0.6 is 11.3 Å². The van der Waals surface area contributed by atoms with Crippen molar-refractivity contribution in [1.82, 2.24) is 0 Å². The summed E-state index contributed by atoms with van der Waals surface area (Å²) in [4.78, 5) is 16.2. The van der Waals surface area contributed by atoms with Crippen LogP contribution < -0.4 is 0 Å². The molecule has 2 rings (SSSR count). The molecule has 0 unspecified atom stereocenters. The Morgan fingerprint density at radius 2 is 2.31 bits per heavy atom. The number of benzene rings is 1. The lowest BCUT2D eigenvalue weighted by Crippen LogP contribution is -1.92. The molecule has 0 saturated heterocycles. The van der Waals surface area contributed by atoms with Crippen molar-refractivity contribution in [1.29, 1.82) is 0 Å². The van der Waals surface area contributed by atoms with E-state index < -0.39 is 5.97 Å². The molecule has 0 amide bonds. The zero-order valence-electron chi connectivity index (χ0n) is 8.84. The van der Waals surface area contributed by atoms with Gasteiger partial charge in [-0.3, -0.25) is 0 Å². The van der Waals surface area contributed by atoms with Gasteiger partial charge in [0.25, 0.3) is 0 Å². The summed E-state index contributed by atoms with van der Waals surface area (Å²) in [7, 11) is 0. The van der Waals surface area contributed by atoms with Crippen LogP contribution in [-0.2, 0) is 16.1 Å². The first-order chi connectivity index (χ1) is 7.77. The Labute approximate surface area is 97.3 Å². The molecule has 0 aliphatic rings. The largest absolute Gasteiger partial charge is 0.331 e. The predicted octanol–water partition coefficient (Wildman–Crippen LogP) is 2.99. The molecule has 3 nitrogen and oxygen atoms in total. The minimum absolute atomic E-state index is 0.396. The summed E-state index contributed by atoms with van der Waals surface area (Å²) in [5.74, 6) is -0.396. The average molecular weight is 233 g/mol. The highest BCUT2D eigenvalue weighted by atomic mass is 32.1. The number of carbonyl (C=O) groups is 1. The number of oxime groups is 1. The van der Waals surface area contributed by atoms with Crippen LogP contribution in [0.25, 0.3) is 10.8 Å². The Morgan fingerprint density at radius 1 is 1.50 bits per heavy atom. The van der Waals surface area contributed by atoms with E-state index in [4.69, 9.17) is 0 Å². The molecule has 16 heavy (non-hydrogen) atoms. The highest BCUT2D eigenvalue weighted by molar-refractivity contribution is 7.11.